The molecule has 3 aromatic rings. The van der Waals surface area contributed by atoms with Gasteiger partial charge in [0.05, 0.1) is 5.75 Å². The number of carbonyl (C=O) groups is 1. The van der Waals surface area contributed by atoms with Gasteiger partial charge >= 0.3 is 0 Å². The van der Waals surface area contributed by atoms with Crippen molar-refractivity contribution < 1.29 is 14.3 Å². The molecule has 9 heteroatoms. The standard InChI is InChI=1S/C22H23N5O3S/c1-26(13-15-2-5-18-19(12-15)30-11-10-29-18)20(28)14-31-22-25-24-21(27(22)17-3-4-17)16-6-8-23-9-7-16/h2,5-9,12,17H,3-4,10-11,13-14H2,1H3. The van der Waals surface area contributed by atoms with E-state index in [-0.39, 0.29) is 5.91 Å². The zero-order chi connectivity index (χ0) is 21.2. The Kier molecular flexibility index (Phi) is 5.50. The molecule has 3 heterocycles. The number of aromatic nitrogens is 4. The molecule has 1 aromatic carbocycles. The van der Waals surface area contributed by atoms with Crippen molar-refractivity contribution in [2.45, 2.75) is 30.6 Å². The van der Waals surface area contributed by atoms with Gasteiger partial charge in [-0.3, -0.25) is 14.3 Å². The number of fused-ring (bicyclic) bond motifs is 1. The minimum atomic E-state index is 0.0377. The van der Waals surface area contributed by atoms with Gasteiger partial charge in [-0.15, -0.1) is 10.2 Å². The number of nitrogens with zero attached hydrogens (tertiary/aromatic N) is 5. The van der Waals surface area contributed by atoms with E-state index in [2.05, 4.69) is 19.7 Å². The van der Waals surface area contributed by atoms with Crippen molar-refractivity contribution in [1.29, 1.82) is 0 Å². The lowest BCUT2D eigenvalue weighted by molar-refractivity contribution is -0.127. The first-order valence-corrected chi connectivity index (χ1v) is 11.3. The largest absolute Gasteiger partial charge is 0.486 e. The van der Waals surface area contributed by atoms with Crippen molar-refractivity contribution in [3.63, 3.8) is 0 Å². The highest BCUT2D eigenvalue weighted by atomic mass is 32.2. The van der Waals surface area contributed by atoms with Crippen LogP contribution in [0.1, 0.15) is 24.4 Å². The van der Waals surface area contributed by atoms with Crippen LogP contribution >= 0.6 is 11.8 Å². The van der Waals surface area contributed by atoms with Crippen LogP contribution in [0.3, 0.4) is 0 Å². The molecule has 5 rings (SSSR count). The van der Waals surface area contributed by atoms with Crippen LogP contribution in [0.4, 0.5) is 0 Å². The summed E-state index contributed by atoms with van der Waals surface area (Å²) in [5, 5.41) is 9.55. The number of hydrogen-bond donors (Lipinski definition) is 0. The van der Waals surface area contributed by atoms with Gasteiger partial charge in [0.1, 0.15) is 13.2 Å². The second-order valence-corrected chi connectivity index (χ2v) is 8.60. The topological polar surface area (TPSA) is 82.4 Å². The Bertz CT molecular complexity index is 1080. The van der Waals surface area contributed by atoms with E-state index in [0.717, 1.165) is 46.4 Å². The number of carbonyl (C=O) groups excluding carboxylic acids is 1. The van der Waals surface area contributed by atoms with Gasteiger partial charge in [0, 0.05) is 37.6 Å². The van der Waals surface area contributed by atoms with Gasteiger partial charge < -0.3 is 14.4 Å². The van der Waals surface area contributed by atoms with Crippen LogP contribution in [0, 0.1) is 0 Å². The number of amides is 1. The van der Waals surface area contributed by atoms with Crippen LogP contribution in [0.15, 0.2) is 47.9 Å². The monoisotopic (exact) mass is 437 g/mol. The lowest BCUT2D eigenvalue weighted by atomic mass is 10.2. The highest BCUT2D eigenvalue weighted by Gasteiger charge is 2.30. The zero-order valence-corrected chi connectivity index (χ0v) is 18.0. The summed E-state index contributed by atoms with van der Waals surface area (Å²) in [6.45, 7) is 1.62. The summed E-state index contributed by atoms with van der Waals surface area (Å²) in [4.78, 5) is 18.6. The molecule has 0 atom stereocenters. The lowest BCUT2D eigenvalue weighted by Gasteiger charge is -2.21. The van der Waals surface area contributed by atoms with Crippen molar-refractivity contribution in [2.24, 2.45) is 0 Å². The quantitative estimate of drug-likeness (QED) is 0.525. The molecule has 1 amide bonds. The summed E-state index contributed by atoms with van der Waals surface area (Å²) in [5.41, 5.74) is 1.99. The summed E-state index contributed by atoms with van der Waals surface area (Å²) >= 11 is 1.44. The third kappa shape index (κ3) is 4.36. The van der Waals surface area contributed by atoms with Crippen molar-refractivity contribution >= 4 is 17.7 Å². The minimum Gasteiger partial charge on any atom is -0.486 e. The Balaban J connectivity index is 1.24. The molecule has 0 saturated heterocycles. The maximum atomic E-state index is 12.8. The summed E-state index contributed by atoms with van der Waals surface area (Å²) in [6, 6.07) is 10.1. The smallest absolute Gasteiger partial charge is 0.233 e. The van der Waals surface area contributed by atoms with Crippen LogP contribution in [0.25, 0.3) is 11.4 Å². The third-order valence-electron chi connectivity index (χ3n) is 5.29. The van der Waals surface area contributed by atoms with Crippen molar-refractivity contribution in [3.05, 3.63) is 48.3 Å². The molecule has 1 fully saturated rings. The molecule has 160 valence electrons. The first kappa shape index (κ1) is 19.9. The first-order valence-electron chi connectivity index (χ1n) is 10.3. The minimum absolute atomic E-state index is 0.0377. The molecule has 1 aliphatic heterocycles. The third-order valence-corrected chi connectivity index (χ3v) is 6.22. The van der Waals surface area contributed by atoms with Crippen molar-refractivity contribution in [3.8, 4) is 22.9 Å². The van der Waals surface area contributed by atoms with Crippen molar-refractivity contribution in [2.75, 3.05) is 26.0 Å². The fourth-order valence-electron chi connectivity index (χ4n) is 3.52. The number of rotatable bonds is 7. The van der Waals surface area contributed by atoms with E-state index < -0.39 is 0 Å². The van der Waals surface area contributed by atoms with Crippen molar-refractivity contribution in [1.82, 2.24) is 24.6 Å². The number of ether oxygens (including phenoxy) is 2. The van der Waals surface area contributed by atoms with E-state index in [0.29, 0.717) is 31.6 Å². The highest BCUT2D eigenvalue weighted by molar-refractivity contribution is 7.99. The second kappa shape index (κ2) is 8.58. The predicted octanol–water partition coefficient (Wildman–Crippen LogP) is 3.20. The van der Waals surface area contributed by atoms with Crippen LogP contribution < -0.4 is 9.47 Å². The second-order valence-electron chi connectivity index (χ2n) is 7.66. The van der Waals surface area contributed by atoms with E-state index in [1.54, 1.807) is 17.3 Å². The summed E-state index contributed by atoms with van der Waals surface area (Å²) in [6.07, 6.45) is 5.73. The average molecular weight is 438 g/mol. The van der Waals surface area contributed by atoms with Gasteiger partial charge in [-0.05, 0) is 42.7 Å². The molecule has 1 saturated carbocycles. The number of thioether (sulfide) groups is 1. The Morgan fingerprint density at radius 2 is 1.90 bits per heavy atom. The summed E-state index contributed by atoms with van der Waals surface area (Å²) in [5.74, 6) is 2.67. The number of benzene rings is 1. The summed E-state index contributed by atoms with van der Waals surface area (Å²) in [7, 11) is 1.81. The summed E-state index contributed by atoms with van der Waals surface area (Å²) < 4.78 is 13.4. The molecule has 1 aliphatic carbocycles. The van der Waals surface area contributed by atoms with Gasteiger partial charge in [-0.2, -0.15) is 0 Å². The molecule has 31 heavy (non-hydrogen) atoms. The molecule has 8 nitrogen and oxygen atoms in total. The van der Waals surface area contributed by atoms with Gasteiger partial charge in [0.2, 0.25) is 5.91 Å². The zero-order valence-electron chi connectivity index (χ0n) is 17.2. The predicted molar refractivity (Wildman–Crippen MR) is 116 cm³/mol. The van der Waals surface area contributed by atoms with E-state index >= 15 is 0 Å². The van der Waals surface area contributed by atoms with E-state index in [1.807, 2.05) is 37.4 Å². The van der Waals surface area contributed by atoms with Crippen LogP contribution in [0.5, 0.6) is 11.5 Å². The molecule has 0 unspecified atom stereocenters. The molecule has 2 aromatic heterocycles. The Morgan fingerprint density at radius 3 is 2.68 bits per heavy atom. The molecular weight excluding hydrogens is 414 g/mol. The molecule has 0 N–H and O–H groups in total. The molecule has 2 aliphatic rings. The van der Waals surface area contributed by atoms with Crippen LogP contribution in [-0.2, 0) is 11.3 Å². The fourth-order valence-corrected chi connectivity index (χ4v) is 4.47. The maximum absolute atomic E-state index is 12.8. The van der Waals surface area contributed by atoms with Gasteiger partial charge in [-0.25, -0.2) is 0 Å². The van der Waals surface area contributed by atoms with E-state index in [9.17, 15) is 4.79 Å². The molecule has 0 radical (unpaired) electrons. The van der Waals surface area contributed by atoms with Crippen LogP contribution in [0.2, 0.25) is 0 Å². The molecule has 0 bridgehead atoms. The van der Waals surface area contributed by atoms with E-state index in [4.69, 9.17) is 9.47 Å². The fraction of sp³-hybridized carbons (Fsp3) is 0.364. The Hall–Kier alpha value is -3.07. The first-order chi connectivity index (χ1) is 15.2. The number of hydrogen-bond acceptors (Lipinski definition) is 7. The SMILES string of the molecule is CN(Cc1ccc2c(c1)OCCO2)C(=O)CSc1nnc(-c2ccncc2)n1C1CC1. The lowest BCUT2D eigenvalue weighted by Crippen LogP contribution is -2.28. The van der Waals surface area contributed by atoms with Gasteiger partial charge in [0.25, 0.3) is 0 Å². The maximum Gasteiger partial charge on any atom is 0.233 e. The Morgan fingerprint density at radius 1 is 1.13 bits per heavy atom. The highest BCUT2D eigenvalue weighted by Crippen LogP contribution is 2.41. The number of pyridine rings is 1. The van der Waals surface area contributed by atoms with Gasteiger partial charge in [0.15, 0.2) is 22.5 Å². The average Bonchev–Trinajstić information content (AvgIpc) is 3.56. The normalized spacial score (nSPS) is 15.0. The molecule has 0 spiro atoms. The van der Waals surface area contributed by atoms with Crippen LogP contribution in [-0.4, -0.2) is 56.6 Å². The van der Waals surface area contributed by atoms with E-state index in [1.165, 1.54) is 11.8 Å². The molecular formula is C22H23N5O3S. The Labute approximate surface area is 184 Å². The van der Waals surface area contributed by atoms with Gasteiger partial charge in [-0.1, -0.05) is 17.8 Å².